The van der Waals surface area contributed by atoms with Crippen LogP contribution in [0.5, 0.6) is 0 Å². The molecule has 18 heavy (non-hydrogen) atoms. The molecule has 1 atom stereocenters. The number of hydrogen-bond acceptors (Lipinski definition) is 3. The molecule has 4 heteroatoms. The first-order chi connectivity index (χ1) is 8.34. The molecule has 0 bridgehead atoms. The van der Waals surface area contributed by atoms with Crippen LogP contribution in [0, 0.1) is 5.41 Å². The molecular weight excluding hydrogens is 226 g/mol. The third-order valence-corrected chi connectivity index (χ3v) is 3.54. The first-order valence-electron chi connectivity index (χ1n) is 6.74. The van der Waals surface area contributed by atoms with Crippen LogP contribution in [0.1, 0.15) is 33.6 Å². The van der Waals surface area contributed by atoms with Gasteiger partial charge in [0.05, 0.1) is 6.04 Å². The van der Waals surface area contributed by atoms with Crippen LogP contribution >= 0.6 is 0 Å². The van der Waals surface area contributed by atoms with E-state index in [9.17, 15) is 4.79 Å². The minimum atomic E-state index is -0.441. The Morgan fingerprint density at radius 3 is 2.50 bits per heavy atom. The Kier molecular flexibility index (Phi) is 5.35. The minimum absolute atomic E-state index is 0.0235. The van der Waals surface area contributed by atoms with Gasteiger partial charge < -0.3 is 11.1 Å². The van der Waals surface area contributed by atoms with Gasteiger partial charge in [0.1, 0.15) is 0 Å². The number of rotatable bonds is 4. The number of nitrogens with one attached hydrogen (secondary N) is 1. The van der Waals surface area contributed by atoms with Crippen LogP contribution in [0.15, 0.2) is 12.7 Å². The molecule has 1 saturated heterocycles. The molecule has 1 aliphatic heterocycles. The molecule has 0 aromatic rings. The second kappa shape index (κ2) is 6.34. The fourth-order valence-corrected chi connectivity index (χ4v) is 2.13. The highest BCUT2D eigenvalue weighted by molar-refractivity contribution is 5.82. The number of nitrogens with zero attached hydrogens (tertiary/aromatic N) is 1. The summed E-state index contributed by atoms with van der Waals surface area (Å²) in [7, 11) is 0. The maximum absolute atomic E-state index is 12.0. The minimum Gasteiger partial charge on any atom is -0.352 e. The van der Waals surface area contributed by atoms with Crippen molar-refractivity contribution in [2.75, 3.05) is 19.6 Å². The Bertz CT molecular complexity index is 288. The number of amides is 1. The van der Waals surface area contributed by atoms with Crippen LogP contribution in [-0.2, 0) is 4.79 Å². The van der Waals surface area contributed by atoms with E-state index in [0.29, 0.717) is 0 Å². The standard InChI is InChI=1S/C14H27N3O/c1-5-8-17-9-6-11(7-10-17)16-13(18)12(15)14(2,3)4/h5,11-12H,1,6-10,15H2,2-4H3,(H,16,18)/t12-/m1/s1. The van der Waals surface area contributed by atoms with E-state index in [2.05, 4.69) is 16.8 Å². The zero-order valence-electron chi connectivity index (χ0n) is 11.9. The molecule has 0 saturated carbocycles. The van der Waals surface area contributed by atoms with Crippen molar-refractivity contribution in [3.05, 3.63) is 12.7 Å². The number of likely N-dealkylation sites (tertiary alicyclic amines) is 1. The Morgan fingerprint density at radius 2 is 2.06 bits per heavy atom. The Morgan fingerprint density at radius 1 is 1.50 bits per heavy atom. The van der Waals surface area contributed by atoms with E-state index in [4.69, 9.17) is 5.73 Å². The molecule has 3 N–H and O–H groups in total. The van der Waals surface area contributed by atoms with E-state index in [1.807, 2.05) is 26.8 Å². The summed E-state index contributed by atoms with van der Waals surface area (Å²) in [6.07, 6.45) is 3.92. The Hall–Kier alpha value is -0.870. The summed E-state index contributed by atoms with van der Waals surface area (Å²) in [6.45, 7) is 12.7. The van der Waals surface area contributed by atoms with Crippen LogP contribution < -0.4 is 11.1 Å². The van der Waals surface area contributed by atoms with Crippen LogP contribution in [0.2, 0.25) is 0 Å². The lowest BCUT2D eigenvalue weighted by molar-refractivity contribution is -0.125. The number of hydrogen-bond donors (Lipinski definition) is 2. The zero-order valence-corrected chi connectivity index (χ0v) is 11.9. The van der Waals surface area contributed by atoms with E-state index >= 15 is 0 Å². The monoisotopic (exact) mass is 253 g/mol. The molecule has 0 aromatic carbocycles. The van der Waals surface area contributed by atoms with Crippen molar-refractivity contribution < 1.29 is 4.79 Å². The second-order valence-corrected chi connectivity index (χ2v) is 6.22. The molecule has 1 heterocycles. The fourth-order valence-electron chi connectivity index (χ4n) is 2.13. The van der Waals surface area contributed by atoms with Gasteiger partial charge >= 0.3 is 0 Å². The maximum atomic E-state index is 12.0. The van der Waals surface area contributed by atoms with Crippen molar-refractivity contribution in [1.82, 2.24) is 10.2 Å². The van der Waals surface area contributed by atoms with Gasteiger partial charge in [0.15, 0.2) is 0 Å². The number of carbonyl (C=O) groups is 1. The summed E-state index contributed by atoms with van der Waals surface area (Å²) < 4.78 is 0. The lowest BCUT2D eigenvalue weighted by Gasteiger charge is -2.33. The quantitative estimate of drug-likeness (QED) is 0.738. The molecule has 104 valence electrons. The van der Waals surface area contributed by atoms with Crippen molar-refractivity contribution in [3.8, 4) is 0 Å². The van der Waals surface area contributed by atoms with Crippen molar-refractivity contribution in [3.63, 3.8) is 0 Å². The van der Waals surface area contributed by atoms with E-state index in [1.165, 1.54) is 0 Å². The summed E-state index contributed by atoms with van der Waals surface area (Å²) in [5.41, 5.74) is 5.76. The number of nitrogens with two attached hydrogens (primary N) is 1. The van der Waals surface area contributed by atoms with Gasteiger partial charge in [0.25, 0.3) is 0 Å². The van der Waals surface area contributed by atoms with Crippen molar-refractivity contribution in [2.45, 2.75) is 45.7 Å². The average Bonchev–Trinajstić information content (AvgIpc) is 2.30. The fraction of sp³-hybridized carbons (Fsp3) is 0.786. The largest absolute Gasteiger partial charge is 0.352 e. The van der Waals surface area contributed by atoms with Gasteiger partial charge in [-0.05, 0) is 18.3 Å². The Balaban J connectivity index is 2.37. The normalized spacial score (nSPS) is 20.4. The van der Waals surface area contributed by atoms with Crippen molar-refractivity contribution in [1.29, 1.82) is 0 Å². The van der Waals surface area contributed by atoms with Gasteiger partial charge in [0.2, 0.25) is 5.91 Å². The summed E-state index contributed by atoms with van der Waals surface area (Å²) in [4.78, 5) is 14.3. The molecule has 4 nitrogen and oxygen atoms in total. The van der Waals surface area contributed by atoms with E-state index in [1.54, 1.807) is 0 Å². The number of carbonyl (C=O) groups excluding carboxylic acids is 1. The first-order valence-corrected chi connectivity index (χ1v) is 6.74. The van der Waals surface area contributed by atoms with Crippen LogP contribution in [0.25, 0.3) is 0 Å². The molecule has 1 rings (SSSR count). The molecule has 0 unspecified atom stereocenters. The molecular formula is C14H27N3O. The first kappa shape index (κ1) is 15.2. The lowest BCUT2D eigenvalue weighted by atomic mass is 9.86. The van der Waals surface area contributed by atoms with Crippen LogP contribution in [0.3, 0.4) is 0 Å². The summed E-state index contributed by atoms with van der Waals surface area (Å²) in [5.74, 6) is -0.0235. The topological polar surface area (TPSA) is 58.4 Å². The average molecular weight is 253 g/mol. The van der Waals surface area contributed by atoms with Gasteiger partial charge in [-0.15, -0.1) is 6.58 Å². The van der Waals surface area contributed by atoms with Gasteiger partial charge in [-0.1, -0.05) is 26.8 Å². The summed E-state index contributed by atoms with van der Waals surface area (Å²) in [5, 5.41) is 3.07. The second-order valence-electron chi connectivity index (χ2n) is 6.22. The summed E-state index contributed by atoms with van der Waals surface area (Å²) in [6, 6.07) is -0.171. The lowest BCUT2D eigenvalue weighted by Crippen LogP contribution is -2.53. The van der Waals surface area contributed by atoms with E-state index < -0.39 is 6.04 Å². The highest BCUT2D eigenvalue weighted by atomic mass is 16.2. The van der Waals surface area contributed by atoms with Crippen LogP contribution in [-0.4, -0.2) is 42.5 Å². The third kappa shape index (κ3) is 4.42. The molecule has 1 fully saturated rings. The highest BCUT2D eigenvalue weighted by Gasteiger charge is 2.29. The highest BCUT2D eigenvalue weighted by Crippen LogP contribution is 2.18. The maximum Gasteiger partial charge on any atom is 0.237 e. The summed E-state index contributed by atoms with van der Waals surface area (Å²) >= 11 is 0. The van der Waals surface area contributed by atoms with Gasteiger partial charge in [0, 0.05) is 25.7 Å². The smallest absolute Gasteiger partial charge is 0.237 e. The third-order valence-electron chi connectivity index (χ3n) is 3.54. The van der Waals surface area contributed by atoms with Crippen LogP contribution in [0.4, 0.5) is 0 Å². The molecule has 1 amide bonds. The van der Waals surface area contributed by atoms with Crippen molar-refractivity contribution in [2.24, 2.45) is 11.1 Å². The van der Waals surface area contributed by atoms with Gasteiger partial charge in [-0.2, -0.15) is 0 Å². The van der Waals surface area contributed by atoms with Gasteiger partial charge in [-0.25, -0.2) is 0 Å². The zero-order chi connectivity index (χ0) is 13.8. The van der Waals surface area contributed by atoms with E-state index in [0.717, 1.165) is 32.5 Å². The van der Waals surface area contributed by atoms with Gasteiger partial charge in [-0.3, -0.25) is 9.69 Å². The van der Waals surface area contributed by atoms with Crippen molar-refractivity contribution >= 4 is 5.91 Å². The molecule has 0 spiro atoms. The molecule has 1 aliphatic rings. The number of piperidine rings is 1. The molecule has 0 aromatic heterocycles. The SMILES string of the molecule is C=CCN1CCC(NC(=O)[C@@H](N)C(C)(C)C)CC1. The predicted molar refractivity (Wildman–Crippen MR) is 75.2 cm³/mol. The Labute approximate surface area is 111 Å². The predicted octanol–water partition coefficient (Wildman–Crippen LogP) is 1.13. The molecule has 0 aliphatic carbocycles. The molecule has 0 radical (unpaired) electrons. The van der Waals surface area contributed by atoms with E-state index in [-0.39, 0.29) is 17.4 Å².